The molecule has 0 spiro atoms. The number of carbonyl (C=O) groups excluding carboxylic acids is 1. The summed E-state index contributed by atoms with van der Waals surface area (Å²) in [4.78, 5) is 30.6. The fourth-order valence-corrected chi connectivity index (χ4v) is 3.42. The van der Waals surface area contributed by atoms with Crippen molar-refractivity contribution < 1.29 is 4.79 Å². The second kappa shape index (κ2) is 7.78. The third kappa shape index (κ3) is 3.79. The van der Waals surface area contributed by atoms with Crippen molar-refractivity contribution in [1.29, 1.82) is 0 Å². The van der Waals surface area contributed by atoms with Crippen LogP contribution in [0, 0.1) is 6.92 Å². The number of fused-ring (bicyclic) bond motifs is 1. The largest absolute Gasteiger partial charge is 0.332 e. The maximum atomic E-state index is 13.3. The van der Waals surface area contributed by atoms with E-state index in [2.05, 4.69) is 22.1 Å². The monoisotopic (exact) mass is 366 g/mol. The van der Waals surface area contributed by atoms with Crippen molar-refractivity contribution in [3.05, 3.63) is 63.2 Å². The number of nitrogens with one attached hydrogen (secondary N) is 2. The van der Waals surface area contributed by atoms with Crippen molar-refractivity contribution in [2.24, 2.45) is 0 Å². The Bertz CT molecular complexity index is 1020. The van der Waals surface area contributed by atoms with E-state index in [-0.39, 0.29) is 24.1 Å². The molecule has 0 aliphatic heterocycles. The highest BCUT2D eigenvalue weighted by atomic mass is 16.2. The van der Waals surface area contributed by atoms with Gasteiger partial charge in [-0.1, -0.05) is 19.4 Å². The second-order valence-corrected chi connectivity index (χ2v) is 7.20. The van der Waals surface area contributed by atoms with Gasteiger partial charge in [0.05, 0.1) is 23.8 Å². The van der Waals surface area contributed by atoms with Gasteiger partial charge in [0.1, 0.15) is 0 Å². The Morgan fingerprint density at radius 2 is 2.07 bits per heavy atom. The second-order valence-electron chi connectivity index (χ2n) is 7.20. The Balaban J connectivity index is 2.02. The summed E-state index contributed by atoms with van der Waals surface area (Å²) in [5, 5.41) is 7.73. The highest BCUT2D eigenvalue weighted by Crippen LogP contribution is 2.21. The smallest absolute Gasteiger partial charge is 0.255 e. The van der Waals surface area contributed by atoms with E-state index >= 15 is 0 Å². The van der Waals surface area contributed by atoms with E-state index in [1.165, 1.54) is 0 Å². The molecule has 6 heteroatoms. The number of hydrogen-bond acceptors (Lipinski definition) is 3. The molecule has 2 aromatic heterocycles. The molecule has 0 atom stereocenters. The summed E-state index contributed by atoms with van der Waals surface area (Å²) in [6, 6.07) is 7.51. The molecule has 2 heterocycles. The van der Waals surface area contributed by atoms with Crippen LogP contribution in [0.5, 0.6) is 0 Å². The van der Waals surface area contributed by atoms with Gasteiger partial charge in [0.15, 0.2) is 0 Å². The fourth-order valence-electron chi connectivity index (χ4n) is 3.42. The van der Waals surface area contributed by atoms with Crippen LogP contribution in [0.3, 0.4) is 0 Å². The van der Waals surface area contributed by atoms with Gasteiger partial charge in [0.25, 0.3) is 11.5 Å². The first-order chi connectivity index (χ1) is 12.9. The lowest BCUT2D eigenvalue weighted by Gasteiger charge is -2.28. The Hall–Kier alpha value is -2.89. The Morgan fingerprint density at radius 1 is 1.30 bits per heavy atom. The number of aryl methyl sites for hydroxylation is 2. The molecule has 0 unspecified atom stereocenters. The van der Waals surface area contributed by atoms with E-state index in [4.69, 9.17) is 0 Å². The van der Waals surface area contributed by atoms with Crippen LogP contribution in [0.25, 0.3) is 10.9 Å². The summed E-state index contributed by atoms with van der Waals surface area (Å²) in [5.74, 6) is -0.0978. The minimum atomic E-state index is -0.113. The van der Waals surface area contributed by atoms with E-state index in [1.807, 2.05) is 45.0 Å². The molecule has 0 radical (unpaired) electrons. The number of amides is 1. The number of aromatic amines is 2. The summed E-state index contributed by atoms with van der Waals surface area (Å²) in [7, 11) is 0. The van der Waals surface area contributed by atoms with Crippen molar-refractivity contribution in [3.8, 4) is 0 Å². The molecule has 2 N–H and O–H groups in total. The third-order valence-corrected chi connectivity index (χ3v) is 4.81. The Morgan fingerprint density at radius 3 is 2.78 bits per heavy atom. The third-order valence-electron chi connectivity index (χ3n) is 4.81. The average molecular weight is 366 g/mol. The van der Waals surface area contributed by atoms with Gasteiger partial charge in [-0.2, -0.15) is 5.10 Å². The van der Waals surface area contributed by atoms with Crippen LogP contribution < -0.4 is 5.56 Å². The zero-order valence-electron chi connectivity index (χ0n) is 16.3. The molecular weight excluding hydrogens is 340 g/mol. The number of rotatable bonds is 6. The molecule has 142 valence electrons. The SMILES string of the molecule is CCCc1cc(C)[nH]c(=O)c1CN(C(=O)c1cccc2[nH]ncc12)C(C)C. The minimum Gasteiger partial charge on any atom is -0.332 e. The van der Waals surface area contributed by atoms with Gasteiger partial charge >= 0.3 is 0 Å². The van der Waals surface area contributed by atoms with Gasteiger partial charge in [0.2, 0.25) is 0 Å². The van der Waals surface area contributed by atoms with Crippen LogP contribution >= 0.6 is 0 Å². The van der Waals surface area contributed by atoms with Gasteiger partial charge in [-0.3, -0.25) is 14.7 Å². The lowest BCUT2D eigenvalue weighted by molar-refractivity contribution is 0.0691. The number of pyridine rings is 1. The maximum Gasteiger partial charge on any atom is 0.255 e. The Labute approximate surface area is 158 Å². The molecule has 27 heavy (non-hydrogen) atoms. The van der Waals surface area contributed by atoms with Crippen molar-refractivity contribution in [1.82, 2.24) is 20.1 Å². The molecule has 3 aromatic rings. The molecule has 6 nitrogen and oxygen atoms in total. The van der Waals surface area contributed by atoms with Crippen LogP contribution in [0.1, 0.15) is 54.4 Å². The van der Waals surface area contributed by atoms with Crippen LogP contribution in [-0.2, 0) is 13.0 Å². The zero-order valence-corrected chi connectivity index (χ0v) is 16.3. The molecular formula is C21H26N4O2. The first-order valence-corrected chi connectivity index (χ1v) is 9.37. The van der Waals surface area contributed by atoms with E-state index in [0.29, 0.717) is 11.1 Å². The predicted molar refractivity (Wildman–Crippen MR) is 107 cm³/mol. The maximum absolute atomic E-state index is 13.3. The number of nitrogens with zero attached hydrogens (tertiary/aromatic N) is 2. The van der Waals surface area contributed by atoms with Crippen molar-refractivity contribution in [2.45, 2.75) is 53.1 Å². The molecule has 0 fully saturated rings. The minimum absolute atomic E-state index is 0.0464. The average Bonchev–Trinajstić information content (AvgIpc) is 3.09. The van der Waals surface area contributed by atoms with Gasteiger partial charge in [0, 0.05) is 22.7 Å². The van der Waals surface area contributed by atoms with E-state index < -0.39 is 0 Å². The summed E-state index contributed by atoms with van der Waals surface area (Å²) in [6.07, 6.45) is 3.43. The first kappa shape index (κ1) is 18.9. The topological polar surface area (TPSA) is 81.9 Å². The predicted octanol–water partition coefficient (Wildman–Crippen LogP) is 3.56. The number of benzene rings is 1. The quantitative estimate of drug-likeness (QED) is 0.700. The summed E-state index contributed by atoms with van der Waals surface area (Å²) in [5.41, 5.74) is 3.83. The first-order valence-electron chi connectivity index (χ1n) is 9.37. The van der Waals surface area contributed by atoms with Gasteiger partial charge in [-0.15, -0.1) is 0 Å². The van der Waals surface area contributed by atoms with Crippen LogP contribution in [0.4, 0.5) is 0 Å². The van der Waals surface area contributed by atoms with Crippen LogP contribution in [-0.4, -0.2) is 32.0 Å². The van der Waals surface area contributed by atoms with Crippen molar-refractivity contribution in [3.63, 3.8) is 0 Å². The molecule has 3 rings (SSSR count). The fraction of sp³-hybridized carbons (Fsp3) is 0.381. The number of aromatic nitrogens is 3. The zero-order chi connectivity index (χ0) is 19.6. The van der Waals surface area contributed by atoms with E-state index in [0.717, 1.165) is 35.0 Å². The summed E-state index contributed by atoms with van der Waals surface area (Å²) in [6.45, 7) is 8.20. The Kier molecular flexibility index (Phi) is 5.44. The molecule has 1 aromatic carbocycles. The van der Waals surface area contributed by atoms with Crippen LogP contribution in [0.15, 0.2) is 35.3 Å². The van der Waals surface area contributed by atoms with Crippen LogP contribution in [0.2, 0.25) is 0 Å². The standard InChI is InChI=1S/C21H26N4O2/c1-5-7-15-10-14(4)23-20(26)18(15)12-25(13(2)3)21(27)16-8-6-9-19-17(16)11-22-24-19/h6,8-11,13H,5,7,12H2,1-4H3,(H,22,24)(H,23,26). The number of hydrogen-bond donors (Lipinski definition) is 2. The molecule has 0 saturated carbocycles. The lowest BCUT2D eigenvalue weighted by Crippen LogP contribution is -2.38. The summed E-state index contributed by atoms with van der Waals surface area (Å²) >= 11 is 0. The normalized spacial score (nSPS) is 11.3. The summed E-state index contributed by atoms with van der Waals surface area (Å²) < 4.78 is 0. The molecule has 0 aliphatic carbocycles. The van der Waals surface area contributed by atoms with Crippen molar-refractivity contribution >= 4 is 16.8 Å². The van der Waals surface area contributed by atoms with Gasteiger partial charge in [-0.25, -0.2) is 0 Å². The molecule has 0 aliphatic rings. The number of carbonyl (C=O) groups is 1. The van der Waals surface area contributed by atoms with Gasteiger partial charge in [-0.05, 0) is 51.0 Å². The molecule has 1 amide bonds. The lowest BCUT2D eigenvalue weighted by atomic mass is 10.0. The highest BCUT2D eigenvalue weighted by Gasteiger charge is 2.23. The molecule has 0 saturated heterocycles. The van der Waals surface area contributed by atoms with Crippen molar-refractivity contribution in [2.75, 3.05) is 0 Å². The highest BCUT2D eigenvalue weighted by molar-refractivity contribution is 6.06. The van der Waals surface area contributed by atoms with E-state index in [1.54, 1.807) is 11.1 Å². The van der Waals surface area contributed by atoms with E-state index in [9.17, 15) is 9.59 Å². The van der Waals surface area contributed by atoms with Gasteiger partial charge < -0.3 is 9.88 Å². The molecule has 0 bridgehead atoms. The number of H-pyrrole nitrogens is 2.